The second-order valence-corrected chi connectivity index (χ2v) is 7.69. The number of quaternary nitrogens is 1. The van der Waals surface area contributed by atoms with Gasteiger partial charge >= 0.3 is 0 Å². The first-order valence-corrected chi connectivity index (χ1v) is 9.54. The van der Waals surface area contributed by atoms with Crippen molar-refractivity contribution in [3.05, 3.63) is 76.3 Å². The molecule has 0 bridgehead atoms. The topological polar surface area (TPSA) is 13.7 Å². The molecule has 2 aromatic rings. The highest BCUT2D eigenvalue weighted by molar-refractivity contribution is 6.30. The van der Waals surface area contributed by atoms with Gasteiger partial charge in [0.15, 0.2) is 0 Å². The first kappa shape index (κ1) is 18.8. The molecule has 1 atom stereocenters. The lowest BCUT2D eigenvalue weighted by Gasteiger charge is -2.27. The Morgan fingerprint density at radius 2 is 1.92 bits per heavy atom. The zero-order chi connectivity index (χ0) is 18.5. The van der Waals surface area contributed by atoms with Crippen LogP contribution in [0.15, 0.2) is 60.2 Å². The van der Waals surface area contributed by atoms with E-state index in [1.165, 1.54) is 33.6 Å². The normalized spacial score (nSPS) is 18.9. The summed E-state index contributed by atoms with van der Waals surface area (Å²) in [6.07, 6.45) is 6.93. The van der Waals surface area contributed by atoms with Crippen LogP contribution in [0.3, 0.4) is 0 Å². The van der Waals surface area contributed by atoms with Gasteiger partial charge in [0.1, 0.15) is 5.75 Å². The average molecular weight is 369 g/mol. The Hall–Kier alpha value is -2.03. The van der Waals surface area contributed by atoms with Crippen molar-refractivity contribution < 1.29 is 9.64 Å². The molecule has 0 spiro atoms. The predicted octanol–water partition coefficient (Wildman–Crippen LogP) is 4.37. The van der Waals surface area contributed by atoms with E-state index in [-0.39, 0.29) is 0 Å². The molecule has 1 aliphatic rings. The van der Waals surface area contributed by atoms with Crippen molar-refractivity contribution >= 4 is 23.3 Å². The standard InChI is InChI=1S/C23H26ClNO/c1-25(2)16-20-10-7-18(13-17-8-11-21(24)12-9-17)14-23(20)19-5-4-6-22(15-19)26-3/h4-6,8-9,11-15,20H,7,10,16H2,1-3H3/p+1/b18-13-. The fourth-order valence-corrected chi connectivity index (χ4v) is 3.73. The molecule has 0 amide bonds. The van der Waals surface area contributed by atoms with Gasteiger partial charge in [-0.3, -0.25) is 0 Å². The van der Waals surface area contributed by atoms with Gasteiger partial charge in [-0.05, 0) is 59.4 Å². The van der Waals surface area contributed by atoms with Gasteiger partial charge in [0.05, 0.1) is 27.7 Å². The number of halogens is 1. The van der Waals surface area contributed by atoms with Crippen LogP contribution in [0.5, 0.6) is 5.75 Å². The van der Waals surface area contributed by atoms with Crippen molar-refractivity contribution in [2.24, 2.45) is 5.92 Å². The second kappa shape index (κ2) is 8.57. The predicted molar refractivity (Wildman–Crippen MR) is 111 cm³/mol. The molecule has 3 heteroatoms. The molecular formula is C23H27ClNO+. The summed E-state index contributed by atoms with van der Waals surface area (Å²) in [7, 11) is 6.17. The van der Waals surface area contributed by atoms with E-state index in [4.69, 9.17) is 16.3 Å². The van der Waals surface area contributed by atoms with Gasteiger partial charge in [0, 0.05) is 10.9 Å². The molecule has 0 fully saturated rings. The van der Waals surface area contributed by atoms with Gasteiger partial charge in [-0.15, -0.1) is 0 Å². The Morgan fingerprint density at radius 1 is 1.15 bits per heavy atom. The summed E-state index contributed by atoms with van der Waals surface area (Å²) in [4.78, 5) is 1.48. The van der Waals surface area contributed by atoms with E-state index in [0.29, 0.717) is 5.92 Å². The lowest BCUT2D eigenvalue weighted by atomic mass is 9.81. The van der Waals surface area contributed by atoms with Crippen molar-refractivity contribution in [1.29, 1.82) is 0 Å². The van der Waals surface area contributed by atoms with E-state index in [1.54, 1.807) is 7.11 Å². The molecule has 1 unspecified atom stereocenters. The van der Waals surface area contributed by atoms with E-state index < -0.39 is 0 Å². The SMILES string of the molecule is COc1cccc(C2=C/C(=C\c3ccc(Cl)cc3)CCC2C[NH+](C)C)c1. The molecule has 26 heavy (non-hydrogen) atoms. The van der Waals surface area contributed by atoms with E-state index in [0.717, 1.165) is 23.7 Å². The summed E-state index contributed by atoms with van der Waals surface area (Å²) in [5.41, 5.74) is 5.24. The molecule has 0 saturated heterocycles. The molecule has 0 radical (unpaired) electrons. The minimum atomic E-state index is 0.564. The van der Waals surface area contributed by atoms with Gasteiger partial charge < -0.3 is 9.64 Å². The molecule has 0 heterocycles. The minimum Gasteiger partial charge on any atom is -0.497 e. The number of hydrogen-bond acceptors (Lipinski definition) is 1. The summed E-state index contributed by atoms with van der Waals surface area (Å²) in [6.45, 7) is 1.14. The number of methoxy groups -OCH3 is 1. The van der Waals surface area contributed by atoms with Crippen LogP contribution in [-0.2, 0) is 0 Å². The van der Waals surface area contributed by atoms with E-state index >= 15 is 0 Å². The van der Waals surface area contributed by atoms with E-state index in [2.05, 4.69) is 56.6 Å². The molecule has 1 N–H and O–H groups in total. The van der Waals surface area contributed by atoms with Gasteiger partial charge in [0.2, 0.25) is 0 Å². The molecule has 0 aliphatic heterocycles. The van der Waals surface area contributed by atoms with Crippen molar-refractivity contribution in [2.45, 2.75) is 12.8 Å². The van der Waals surface area contributed by atoms with Crippen LogP contribution >= 0.6 is 11.6 Å². The fourth-order valence-electron chi connectivity index (χ4n) is 3.60. The van der Waals surface area contributed by atoms with E-state index in [9.17, 15) is 0 Å². The van der Waals surface area contributed by atoms with Crippen LogP contribution < -0.4 is 9.64 Å². The molecule has 136 valence electrons. The maximum Gasteiger partial charge on any atom is 0.119 e. The number of rotatable bonds is 5. The summed E-state index contributed by atoms with van der Waals surface area (Å²) in [5.74, 6) is 1.47. The van der Waals surface area contributed by atoms with Crippen LogP contribution in [-0.4, -0.2) is 27.7 Å². The maximum atomic E-state index is 6.01. The van der Waals surface area contributed by atoms with Gasteiger partial charge in [0.25, 0.3) is 0 Å². The monoisotopic (exact) mass is 368 g/mol. The van der Waals surface area contributed by atoms with Crippen LogP contribution in [0.1, 0.15) is 24.0 Å². The lowest BCUT2D eigenvalue weighted by Crippen LogP contribution is -3.06. The Morgan fingerprint density at radius 3 is 2.62 bits per heavy atom. The average Bonchev–Trinajstić information content (AvgIpc) is 2.64. The number of benzene rings is 2. The maximum absolute atomic E-state index is 6.01. The van der Waals surface area contributed by atoms with Gasteiger partial charge in [-0.1, -0.05) is 48.0 Å². The Kier molecular flexibility index (Phi) is 6.18. The molecule has 1 aliphatic carbocycles. The Balaban J connectivity index is 1.97. The minimum absolute atomic E-state index is 0.564. The zero-order valence-electron chi connectivity index (χ0n) is 15.8. The molecule has 3 rings (SSSR count). The van der Waals surface area contributed by atoms with Crippen LogP contribution in [0, 0.1) is 5.92 Å². The quantitative estimate of drug-likeness (QED) is 0.827. The van der Waals surface area contributed by atoms with Crippen molar-refractivity contribution in [1.82, 2.24) is 0 Å². The molecule has 0 aromatic heterocycles. The summed E-state index contributed by atoms with van der Waals surface area (Å²) < 4.78 is 5.44. The number of allylic oxidation sites excluding steroid dienone is 2. The summed E-state index contributed by atoms with van der Waals surface area (Å²) in [6, 6.07) is 16.5. The highest BCUT2D eigenvalue weighted by atomic mass is 35.5. The Labute approximate surface area is 161 Å². The third-order valence-electron chi connectivity index (χ3n) is 4.84. The number of ether oxygens (including phenoxy) is 1. The summed E-state index contributed by atoms with van der Waals surface area (Å²) >= 11 is 6.01. The van der Waals surface area contributed by atoms with Crippen LogP contribution in [0.2, 0.25) is 5.02 Å². The van der Waals surface area contributed by atoms with Crippen LogP contribution in [0.25, 0.3) is 11.6 Å². The largest absolute Gasteiger partial charge is 0.497 e. The van der Waals surface area contributed by atoms with Crippen molar-refractivity contribution in [2.75, 3.05) is 27.7 Å². The lowest BCUT2D eigenvalue weighted by molar-refractivity contribution is -0.861. The number of hydrogen-bond donors (Lipinski definition) is 1. The number of nitrogens with one attached hydrogen (secondary N) is 1. The van der Waals surface area contributed by atoms with Crippen molar-refractivity contribution in [3.8, 4) is 5.75 Å². The second-order valence-electron chi connectivity index (χ2n) is 7.25. The molecular weight excluding hydrogens is 342 g/mol. The fraction of sp³-hybridized carbons (Fsp3) is 0.304. The third-order valence-corrected chi connectivity index (χ3v) is 5.09. The van der Waals surface area contributed by atoms with Crippen molar-refractivity contribution in [3.63, 3.8) is 0 Å². The molecule has 2 aromatic carbocycles. The van der Waals surface area contributed by atoms with Crippen LogP contribution in [0.4, 0.5) is 0 Å². The zero-order valence-corrected chi connectivity index (χ0v) is 16.5. The van der Waals surface area contributed by atoms with E-state index in [1.807, 2.05) is 18.2 Å². The molecule has 2 nitrogen and oxygen atoms in total. The highest BCUT2D eigenvalue weighted by Crippen LogP contribution is 2.36. The first-order valence-electron chi connectivity index (χ1n) is 9.16. The smallest absolute Gasteiger partial charge is 0.119 e. The highest BCUT2D eigenvalue weighted by Gasteiger charge is 2.23. The Bertz CT molecular complexity index is 805. The summed E-state index contributed by atoms with van der Waals surface area (Å²) in [5, 5.41) is 0.775. The molecule has 0 saturated carbocycles. The first-order chi connectivity index (χ1) is 12.5. The van der Waals surface area contributed by atoms with Gasteiger partial charge in [-0.25, -0.2) is 0 Å². The third kappa shape index (κ3) is 4.78. The van der Waals surface area contributed by atoms with Gasteiger partial charge in [-0.2, -0.15) is 0 Å².